The highest BCUT2D eigenvalue weighted by atomic mass is 35.5. The number of sulfone groups is 1. The molecule has 13 heteroatoms. The van der Waals surface area contributed by atoms with Gasteiger partial charge in [0, 0.05) is 61.2 Å². The molecule has 6 aliphatic rings. The van der Waals surface area contributed by atoms with E-state index in [2.05, 4.69) is 38.8 Å². The number of likely N-dealkylation sites (tertiary alicyclic amines) is 1. The number of methoxy groups -OCH3 is 1. The predicted molar refractivity (Wildman–Crippen MR) is 202 cm³/mol. The number of nitrogens with zero attached hydrogens (tertiary/aromatic N) is 2. The van der Waals surface area contributed by atoms with E-state index in [1.165, 1.54) is 11.1 Å². The first-order valence-corrected chi connectivity index (χ1v) is 22.4. The van der Waals surface area contributed by atoms with E-state index >= 15 is 0 Å². The Morgan fingerprint density at radius 3 is 2.54 bits per heavy atom. The van der Waals surface area contributed by atoms with Crippen molar-refractivity contribution in [3.05, 3.63) is 70.3 Å². The van der Waals surface area contributed by atoms with Crippen LogP contribution in [0.15, 0.2) is 48.6 Å². The van der Waals surface area contributed by atoms with Crippen LogP contribution in [0.2, 0.25) is 5.02 Å². The number of amides is 1. The van der Waals surface area contributed by atoms with Crippen molar-refractivity contribution in [1.82, 2.24) is 9.62 Å². The molecule has 1 N–H and O–H groups in total. The average molecular weight is 772 g/mol. The van der Waals surface area contributed by atoms with Gasteiger partial charge < -0.3 is 14.4 Å². The van der Waals surface area contributed by atoms with Gasteiger partial charge in [-0.2, -0.15) is 0 Å². The normalized spacial score (nSPS) is 35.4. The minimum absolute atomic E-state index is 0.139. The van der Waals surface area contributed by atoms with Crippen molar-refractivity contribution in [3.63, 3.8) is 0 Å². The number of rotatable bonds is 3. The molecule has 2 aromatic rings. The van der Waals surface area contributed by atoms with E-state index < -0.39 is 36.6 Å². The van der Waals surface area contributed by atoms with Crippen LogP contribution in [0.5, 0.6) is 5.75 Å². The van der Waals surface area contributed by atoms with Gasteiger partial charge in [-0.25, -0.2) is 21.6 Å². The van der Waals surface area contributed by atoms with Crippen LogP contribution in [0, 0.1) is 23.2 Å². The van der Waals surface area contributed by atoms with Gasteiger partial charge in [0.1, 0.15) is 11.4 Å². The van der Waals surface area contributed by atoms with Gasteiger partial charge in [0.15, 0.2) is 9.84 Å². The Bertz CT molecular complexity index is 2000. The SMILES string of the molecule is CO[C@]1(CN2CC3(C2)CS(=O)(=O)C3)/C=C/C[C@H](C)[C@@H](C)S(=O)(=O)NC(=O)c2ccc3c(c2)N(C[C@@H]2CC[C@H]21)C[C@@]1(CCCc2cc(Cl)ccc21)CO3. The lowest BCUT2D eigenvalue weighted by atomic mass is 9.63. The summed E-state index contributed by atoms with van der Waals surface area (Å²) >= 11 is 6.48. The number of nitrogens with one attached hydrogen (secondary N) is 1. The first-order chi connectivity index (χ1) is 24.6. The van der Waals surface area contributed by atoms with E-state index in [-0.39, 0.29) is 45.7 Å². The second kappa shape index (κ2) is 13.0. The summed E-state index contributed by atoms with van der Waals surface area (Å²) in [6.45, 7) is 7.52. The molecule has 0 unspecified atom stereocenters. The molecule has 8 rings (SSSR count). The maximum Gasteiger partial charge on any atom is 0.264 e. The minimum atomic E-state index is -3.99. The average Bonchev–Trinajstić information content (AvgIpc) is 3.20. The van der Waals surface area contributed by atoms with Crippen molar-refractivity contribution in [3.8, 4) is 5.75 Å². The van der Waals surface area contributed by atoms with Gasteiger partial charge in [-0.05, 0) is 105 Å². The fourth-order valence-corrected chi connectivity index (χ4v) is 13.9. The maximum atomic E-state index is 13.6. The first kappa shape index (κ1) is 36.3. The Morgan fingerprint density at radius 2 is 1.83 bits per heavy atom. The van der Waals surface area contributed by atoms with Gasteiger partial charge in [-0.15, -0.1) is 0 Å². The van der Waals surface area contributed by atoms with Gasteiger partial charge in [-0.1, -0.05) is 36.7 Å². The van der Waals surface area contributed by atoms with Gasteiger partial charge in [0.05, 0.1) is 29.0 Å². The van der Waals surface area contributed by atoms with E-state index in [4.69, 9.17) is 21.1 Å². The number of aryl methyl sites for hydroxylation is 1. The zero-order valence-corrected chi connectivity index (χ0v) is 32.7. The number of benzene rings is 2. The highest BCUT2D eigenvalue weighted by Gasteiger charge is 2.58. The summed E-state index contributed by atoms with van der Waals surface area (Å²) in [5, 5.41) is -0.0973. The van der Waals surface area contributed by atoms with E-state index in [0.717, 1.165) is 55.9 Å². The molecule has 4 aliphatic heterocycles. The number of fused-ring (bicyclic) bond motifs is 4. The molecule has 1 saturated carbocycles. The quantitative estimate of drug-likeness (QED) is 0.430. The van der Waals surface area contributed by atoms with Gasteiger partial charge in [0.2, 0.25) is 10.0 Å². The lowest BCUT2D eigenvalue weighted by molar-refractivity contribution is -0.115. The summed E-state index contributed by atoms with van der Waals surface area (Å²) in [5.74, 6) is 0.717. The highest BCUT2D eigenvalue weighted by Crippen LogP contribution is 2.51. The zero-order valence-electron chi connectivity index (χ0n) is 30.3. The zero-order chi connectivity index (χ0) is 36.7. The Kier molecular flexibility index (Phi) is 9.08. The van der Waals surface area contributed by atoms with Crippen LogP contribution in [0.25, 0.3) is 0 Å². The molecular weight excluding hydrogens is 722 g/mol. The number of ether oxygens (including phenoxy) is 2. The van der Waals surface area contributed by atoms with Crippen molar-refractivity contribution in [1.29, 1.82) is 0 Å². The molecule has 52 heavy (non-hydrogen) atoms. The molecule has 2 aromatic carbocycles. The first-order valence-electron chi connectivity index (χ1n) is 18.7. The van der Waals surface area contributed by atoms with Gasteiger partial charge in [0.25, 0.3) is 5.91 Å². The van der Waals surface area contributed by atoms with Crippen LogP contribution >= 0.6 is 11.6 Å². The molecule has 2 spiro atoms. The number of anilines is 1. The summed E-state index contributed by atoms with van der Waals surface area (Å²) in [6.07, 6.45) is 9.61. The summed E-state index contributed by atoms with van der Waals surface area (Å²) in [5.41, 5.74) is 2.47. The molecule has 2 saturated heterocycles. The smallest absolute Gasteiger partial charge is 0.264 e. The number of halogens is 1. The van der Waals surface area contributed by atoms with Gasteiger partial charge in [-0.3, -0.25) is 9.69 Å². The third-order valence-electron chi connectivity index (χ3n) is 13.3. The second-order valence-corrected chi connectivity index (χ2v) is 21.4. The van der Waals surface area contributed by atoms with Crippen molar-refractivity contribution in [2.24, 2.45) is 23.2 Å². The van der Waals surface area contributed by atoms with E-state index in [9.17, 15) is 21.6 Å². The molecule has 2 bridgehead atoms. The van der Waals surface area contributed by atoms with Crippen LogP contribution in [0.4, 0.5) is 5.69 Å². The Morgan fingerprint density at radius 1 is 1.04 bits per heavy atom. The number of hydrogen-bond acceptors (Lipinski definition) is 9. The molecule has 1 amide bonds. The lowest BCUT2D eigenvalue weighted by Crippen LogP contribution is -2.71. The van der Waals surface area contributed by atoms with Crippen LogP contribution < -0.4 is 14.4 Å². The minimum Gasteiger partial charge on any atom is -0.490 e. The van der Waals surface area contributed by atoms with Crippen molar-refractivity contribution in [2.45, 2.75) is 68.6 Å². The number of carbonyl (C=O) groups excluding carboxylic acids is 1. The molecule has 3 fully saturated rings. The second-order valence-electron chi connectivity index (χ2n) is 16.9. The molecule has 0 aromatic heterocycles. The molecule has 10 nitrogen and oxygen atoms in total. The molecule has 2 aliphatic carbocycles. The summed E-state index contributed by atoms with van der Waals surface area (Å²) in [7, 11) is -5.15. The molecule has 282 valence electrons. The van der Waals surface area contributed by atoms with Crippen LogP contribution in [0.3, 0.4) is 0 Å². The predicted octanol–water partition coefficient (Wildman–Crippen LogP) is 5.00. The molecular formula is C39H50ClN3O7S2. The Balaban J connectivity index is 1.18. The Hall–Kier alpha value is -2.64. The molecule has 6 atom stereocenters. The largest absolute Gasteiger partial charge is 0.490 e. The Labute approximate surface area is 313 Å². The lowest BCUT2D eigenvalue weighted by Gasteiger charge is -2.58. The fraction of sp³-hybridized carbons (Fsp3) is 0.615. The van der Waals surface area contributed by atoms with E-state index in [0.29, 0.717) is 38.4 Å². The topological polar surface area (TPSA) is 122 Å². The third kappa shape index (κ3) is 6.37. The molecule has 0 radical (unpaired) electrons. The van der Waals surface area contributed by atoms with Crippen LogP contribution in [0.1, 0.15) is 67.4 Å². The van der Waals surface area contributed by atoms with E-state index in [1.807, 2.05) is 19.1 Å². The van der Waals surface area contributed by atoms with Crippen LogP contribution in [-0.4, -0.2) is 96.4 Å². The fourth-order valence-electron chi connectivity index (χ4n) is 10.2. The summed E-state index contributed by atoms with van der Waals surface area (Å²) in [6, 6.07) is 11.5. The number of sulfonamides is 1. The molecule has 4 heterocycles. The van der Waals surface area contributed by atoms with Crippen molar-refractivity contribution < 1.29 is 31.1 Å². The summed E-state index contributed by atoms with van der Waals surface area (Å²) < 4.78 is 66.9. The maximum absolute atomic E-state index is 13.6. The standard InChI is InChI=1S/C39H50ClN3O7S2/c1-26-6-4-15-39(49-3,22-42-19-37(20-42)24-51(45,46)25-37)33-11-8-30(33)18-43-21-38(14-5-7-28-16-31(40)10-12-32(28)38)23-50-35-13-9-29(17-34(35)43)36(44)41-52(47,48)27(26)2/h4,9-10,12-13,15-17,26-27,30,33H,5-8,11,14,18-25H2,1-3H3,(H,41,44)/b15-4+/t26-,27+,30-,33+,38-,39-/m0/s1. The number of allylic oxidation sites excluding steroid dienone is 1. The number of carbonyl (C=O) groups is 1. The van der Waals surface area contributed by atoms with E-state index in [1.54, 1.807) is 26.2 Å². The van der Waals surface area contributed by atoms with Crippen LogP contribution in [-0.2, 0) is 36.4 Å². The number of hydrogen-bond donors (Lipinski definition) is 1. The van der Waals surface area contributed by atoms with Crippen molar-refractivity contribution >= 4 is 43.1 Å². The highest BCUT2D eigenvalue weighted by molar-refractivity contribution is 7.92. The third-order valence-corrected chi connectivity index (χ3v) is 17.5. The van der Waals surface area contributed by atoms with Crippen molar-refractivity contribution in [2.75, 3.05) is 62.8 Å². The monoisotopic (exact) mass is 771 g/mol. The summed E-state index contributed by atoms with van der Waals surface area (Å²) in [4.78, 5) is 18.3. The van der Waals surface area contributed by atoms with Gasteiger partial charge >= 0.3 is 0 Å².